The third-order valence-electron chi connectivity index (χ3n) is 2.09. The van der Waals surface area contributed by atoms with Crippen molar-refractivity contribution in [1.29, 1.82) is 0 Å². The van der Waals surface area contributed by atoms with Crippen molar-refractivity contribution < 1.29 is 9.53 Å². The van der Waals surface area contributed by atoms with Gasteiger partial charge in [0.25, 0.3) is 0 Å². The summed E-state index contributed by atoms with van der Waals surface area (Å²) in [5.74, 6) is 0.197. The first-order valence-electron chi connectivity index (χ1n) is 5.44. The van der Waals surface area contributed by atoms with Gasteiger partial charge in [0.2, 0.25) is 5.88 Å². The molecule has 0 spiro atoms. The minimum atomic E-state index is -0.190. The Kier molecular flexibility index (Phi) is 5.44. The smallest absolute Gasteiger partial charge is 0.312 e. The Morgan fingerprint density at radius 3 is 2.87 bits per heavy atom. The summed E-state index contributed by atoms with van der Waals surface area (Å²) in [4.78, 5) is 15.2. The van der Waals surface area contributed by atoms with Crippen molar-refractivity contribution in [2.45, 2.75) is 39.0 Å². The minimum absolute atomic E-state index is 0.190. The van der Waals surface area contributed by atoms with Crippen molar-refractivity contribution in [3.8, 4) is 5.88 Å². The second-order valence-corrected chi connectivity index (χ2v) is 3.45. The highest BCUT2D eigenvalue weighted by Gasteiger charge is 2.04. The van der Waals surface area contributed by atoms with Crippen molar-refractivity contribution in [3.63, 3.8) is 0 Å². The number of nitrogens with zero attached hydrogens (tertiary/aromatic N) is 1. The first kappa shape index (κ1) is 11.7. The zero-order chi connectivity index (χ0) is 10.9. The molecule has 0 bridgehead atoms. The first-order valence-corrected chi connectivity index (χ1v) is 5.44. The average molecular weight is 207 g/mol. The number of esters is 1. The van der Waals surface area contributed by atoms with Gasteiger partial charge < -0.3 is 4.74 Å². The molecule has 0 saturated heterocycles. The molecule has 0 fully saturated rings. The van der Waals surface area contributed by atoms with Gasteiger partial charge in [-0.05, 0) is 12.5 Å². The molecule has 3 heteroatoms. The summed E-state index contributed by atoms with van der Waals surface area (Å²) in [6, 6.07) is 5.27. The molecule has 0 radical (unpaired) electrons. The molecular weight excluding hydrogens is 190 g/mol. The summed E-state index contributed by atoms with van der Waals surface area (Å²) < 4.78 is 5.04. The first-order chi connectivity index (χ1) is 7.33. The maximum absolute atomic E-state index is 11.3. The zero-order valence-electron chi connectivity index (χ0n) is 9.11. The topological polar surface area (TPSA) is 39.2 Å². The SMILES string of the molecule is CCCCCCC(=O)Oc1ccccn1. The predicted octanol–water partition coefficient (Wildman–Crippen LogP) is 2.96. The third-order valence-corrected chi connectivity index (χ3v) is 2.09. The Hall–Kier alpha value is -1.38. The number of carbonyl (C=O) groups excluding carboxylic acids is 1. The molecule has 0 atom stereocenters. The van der Waals surface area contributed by atoms with Crippen LogP contribution < -0.4 is 4.74 Å². The zero-order valence-corrected chi connectivity index (χ0v) is 9.11. The van der Waals surface area contributed by atoms with Gasteiger partial charge in [0, 0.05) is 18.7 Å². The second kappa shape index (κ2) is 6.98. The average Bonchev–Trinajstić information content (AvgIpc) is 2.26. The highest BCUT2D eigenvalue weighted by atomic mass is 16.5. The number of hydrogen-bond donors (Lipinski definition) is 0. The summed E-state index contributed by atoms with van der Waals surface area (Å²) in [5, 5.41) is 0. The minimum Gasteiger partial charge on any atom is -0.407 e. The van der Waals surface area contributed by atoms with Crippen molar-refractivity contribution >= 4 is 5.97 Å². The molecule has 82 valence electrons. The van der Waals surface area contributed by atoms with Gasteiger partial charge in [-0.25, -0.2) is 4.98 Å². The molecule has 0 aromatic carbocycles. The van der Waals surface area contributed by atoms with Crippen LogP contribution in [0.4, 0.5) is 0 Å². The van der Waals surface area contributed by atoms with E-state index in [0.717, 1.165) is 12.8 Å². The Labute approximate surface area is 90.5 Å². The molecular formula is C12H17NO2. The summed E-state index contributed by atoms with van der Waals surface area (Å²) in [5.41, 5.74) is 0. The van der Waals surface area contributed by atoms with Gasteiger partial charge in [0.1, 0.15) is 0 Å². The van der Waals surface area contributed by atoms with E-state index in [1.807, 2.05) is 0 Å². The van der Waals surface area contributed by atoms with E-state index in [0.29, 0.717) is 12.3 Å². The van der Waals surface area contributed by atoms with Gasteiger partial charge in [-0.3, -0.25) is 4.79 Å². The van der Waals surface area contributed by atoms with E-state index >= 15 is 0 Å². The van der Waals surface area contributed by atoms with Crippen LogP contribution in [0.1, 0.15) is 39.0 Å². The number of pyridine rings is 1. The lowest BCUT2D eigenvalue weighted by molar-refractivity contribution is -0.134. The number of ether oxygens (including phenoxy) is 1. The van der Waals surface area contributed by atoms with E-state index in [-0.39, 0.29) is 5.97 Å². The molecule has 0 N–H and O–H groups in total. The van der Waals surface area contributed by atoms with Crippen molar-refractivity contribution in [2.24, 2.45) is 0 Å². The lowest BCUT2D eigenvalue weighted by Crippen LogP contribution is -2.08. The van der Waals surface area contributed by atoms with Crippen molar-refractivity contribution in [1.82, 2.24) is 4.98 Å². The van der Waals surface area contributed by atoms with Crippen LogP contribution in [0.3, 0.4) is 0 Å². The van der Waals surface area contributed by atoms with Gasteiger partial charge >= 0.3 is 5.97 Å². The molecule has 1 rings (SSSR count). The van der Waals surface area contributed by atoms with Crippen molar-refractivity contribution in [2.75, 3.05) is 0 Å². The Bertz CT molecular complexity index is 285. The van der Waals surface area contributed by atoms with Crippen LogP contribution in [0.5, 0.6) is 5.88 Å². The number of carbonyl (C=O) groups is 1. The Morgan fingerprint density at radius 2 is 2.20 bits per heavy atom. The molecule has 0 aliphatic rings. The molecule has 0 saturated carbocycles. The van der Waals surface area contributed by atoms with Gasteiger partial charge in [-0.2, -0.15) is 0 Å². The van der Waals surface area contributed by atoms with E-state index in [1.165, 1.54) is 12.8 Å². The maximum Gasteiger partial charge on any atom is 0.312 e. The quantitative estimate of drug-likeness (QED) is 0.531. The summed E-state index contributed by atoms with van der Waals surface area (Å²) >= 11 is 0. The van der Waals surface area contributed by atoms with Crippen molar-refractivity contribution in [3.05, 3.63) is 24.4 Å². The van der Waals surface area contributed by atoms with Gasteiger partial charge in [-0.1, -0.05) is 32.3 Å². The summed E-state index contributed by atoms with van der Waals surface area (Å²) in [6.45, 7) is 2.15. The van der Waals surface area contributed by atoms with Crippen LogP contribution in [0, 0.1) is 0 Å². The van der Waals surface area contributed by atoms with Crippen LogP contribution in [0.2, 0.25) is 0 Å². The highest BCUT2D eigenvalue weighted by Crippen LogP contribution is 2.07. The van der Waals surface area contributed by atoms with Crippen LogP contribution in [-0.4, -0.2) is 11.0 Å². The summed E-state index contributed by atoms with van der Waals surface area (Å²) in [6.07, 6.45) is 6.44. The largest absolute Gasteiger partial charge is 0.407 e. The van der Waals surface area contributed by atoms with E-state index in [1.54, 1.807) is 24.4 Å². The lowest BCUT2D eigenvalue weighted by atomic mass is 10.2. The van der Waals surface area contributed by atoms with Gasteiger partial charge in [0.05, 0.1) is 0 Å². The number of rotatable bonds is 6. The van der Waals surface area contributed by atoms with Crippen LogP contribution in [0.25, 0.3) is 0 Å². The molecule has 15 heavy (non-hydrogen) atoms. The van der Waals surface area contributed by atoms with E-state index in [2.05, 4.69) is 11.9 Å². The van der Waals surface area contributed by atoms with Crippen LogP contribution in [-0.2, 0) is 4.79 Å². The summed E-state index contributed by atoms with van der Waals surface area (Å²) in [7, 11) is 0. The van der Waals surface area contributed by atoms with Gasteiger partial charge in [-0.15, -0.1) is 0 Å². The molecule has 3 nitrogen and oxygen atoms in total. The second-order valence-electron chi connectivity index (χ2n) is 3.45. The lowest BCUT2D eigenvalue weighted by Gasteiger charge is -2.02. The fourth-order valence-electron chi connectivity index (χ4n) is 1.27. The Balaban J connectivity index is 2.19. The third kappa shape index (κ3) is 5.15. The van der Waals surface area contributed by atoms with Crippen LogP contribution in [0.15, 0.2) is 24.4 Å². The molecule has 1 aromatic rings. The number of hydrogen-bond acceptors (Lipinski definition) is 3. The standard InChI is InChI=1S/C12H17NO2/c1-2-3-4-5-9-12(14)15-11-8-6-7-10-13-11/h6-8,10H,2-5,9H2,1H3. The van der Waals surface area contributed by atoms with Gasteiger partial charge in [0.15, 0.2) is 0 Å². The Morgan fingerprint density at radius 1 is 1.33 bits per heavy atom. The molecule has 0 unspecified atom stereocenters. The fourth-order valence-corrected chi connectivity index (χ4v) is 1.27. The van der Waals surface area contributed by atoms with E-state index in [9.17, 15) is 4.79 Å². The predicted molar refractivity (Wildman–Crippen MR) is 58.6 cm³/mol. The molecule has 0 aliphatic carbocycles. The maximum atomic E-state index is 11.3. The van der Waals surface area contributed by atoms with E-state index < -0.39 is 0 Å². The number of aromatic nitrogens is 1. The molecule has 0 aliphatic heterocycles. The molecule has 0 amide bonds. The highest BCUT2D eigenvalue weighted by molar-refractivity contribution is 5.71. The molecule has 1 aromatic heterocycles. The fraction of sp³-hybridized carbons (Fsp3) is 0.500. The normalized spacial score (nSPS) is 9.93. The van der Waals surface area contributed by atoms with Crippen LogP contribution >= 0.6 is 0 Å². The van der Waals surface area contributed by atoms with E-state index in [4.69, 9.17) is 4.74 Å². The number of unbranched alkanes of at least 4 members (excludes halogenated alkanes) is 3. The molecule has 1 heterocycles. The monoisotopic (exact) mass is 207 g/mol.